The highest BCUT2D eigenvalue weighted by atomic mass is 19.1. The Morgan fingerprint density at radius 2 is 1.81 bits per heavy atom. The first kappa shape index (κ1) is 15.8. The molecule has 1 fully saturated rings. The Labute approximate surface area is 127 Å². The first-order valence-corrected chi connectivity index (χ1v) is 7.82. The van der Waals surface area contributed by atoms with Gasteiger partial charge in [0.25, 0.3) is 0 Å². The first-order valence-electron chi connectivity index (χ1n) is 7.82. The van der Waals surface area contributed by atoms with Crippen LogP contribution in [-0.2, 0) is 0 Å². The van der Waals surface area contributed by atoms with Gasteiger partial charge in [-0.1, -0.05) is 32.9 Å². The lowest BCUT2D eigenvalue weighted by molar-refractivity contribution is 0.148. The molecule has 0 heterocycles. The summed E-state index contributed by atoms with van der Waals surface area (Å²) in [5.41, 5.74) is 0.772. The summed E-state index contributed by atoms with van der Waals surface area (Å²) in [6.45, 7) is 6.87. The molecule has 1 saturated carbocycles. The van der Waals surface area contributed by atoms with Gasteiger partial charge in [-0.2, -0.15) is 5.26 Å². The number of benzene rings is 1. The second-order valence-corrected chi connectivity index (χ2v) is 7.21. The molecular weight excluding hydrogens is 263 g/mol. The highest BCUT2D eigenvalue weighted by Gasteiger charge is 2.33. The Morgan fingerprint density at radius 3 is 2.33 bits per heavy atom. The summed E-state index contributed by atoms with van der Waals surface area (Å²) in [7, 11) is 0. The molecule has 1 aliphatic carbocycles. The van der Waals surface area contributed by atoms with Crippen molar-refractivity contribution in [3.05, 3.63) is 30.1 Å². The third kappa shape index (κ3) is 3.97. The second-order valence-electron chi connectivity index (χ2n) is 7.21. The SMILES string of the molecule is CC(C)(C)C1CCC(C(C#N)Nc2ccccc2F)CC1. The Morgan fingerprint density at radius 1 is 1.19 bits per heavy atom. The van der Waals surface area contributed by atoms with E-state index in [9.17, 15) is 9.65 Å². The average Bonchev–Trinajstić information content (AvgIpc) is 2.46. The van der Waals surface area contributed by atoms with E-state index >= 15 is 0 Å². The van der Waals surface area contributed by atoms with Crippen molar-refractivity contribution in [1.82, 2.24) is 0 Å². The first-order chi connectivity index (χ1) is 9.91. The zero-order valence-corrected chi connectivity index (χ0v) is 13.2. The quantitative estimate of drug-likeness (QED) is 0.851. The predicted molar refractivity (Wildman–Crippen MR) is 84.3 cm³/mol. The van der Waals surface area contributed by atoms with Crippen molar-refractivity contribution in [1.29, 1.82) is 5.26 Å². The molecule has 0 bridgehead atoms. The lowest BCUT2D eigenvalue weighted by Crippen LogP contribution is -2.34. The molecule has 1 atom stereocenters. The summed E-state index contributed by atoms with van der Waals surface area (Å²) in [5, 5.41) is 12.5. The van der Waals surface area contributed by atoms with E-state index in [1.807, 2.05) is 0 Å². The summed E-state index contributed by atoms with van der Waals surface area (Å²) in [4.78, 5) is 0. The van der Waals surface area contributed by atoms with Crippen LogP contribution in [0.1, 0.15) is 46.5 Å². The lowest BCUT2D eigenvalue weighted by atomic mass is 9.68. The smallest absolute Gasteiger partial charge is 0.146 e. The average molecular weight is 288 g/mol. The van der Waals surface area contributed by atoms with E-state index in [4.69, 9.17) is 0 Å². The monoisotopic (exact) mass is 288 g/mol. The Balaban J connectivity index is 1.98. The van der Waals surface area contributed by atoms with E-state index in [-0.39, 0.29) is 11.9 Å². The van der Waals surface area contributed by atoms with Crippen LogP contribution in [0.5, 0.6) is 0 Å². The van der Waals surface area contributed by atoms with Crippen LogP contribution in [0.2, 0.25) is 0 Å². The fourth-order valence-electron chi connectivity index (χ4n) is 3.32. The fraction of sp³-hybridized carbons (Fsp3) is 0.611. The number of para-hydroxylation sites is 1. The zero-order valence-electron chi connectivity index (χ0n) is 13.2. The molecular formula is C18H25FN2. The van der Waals surface area contributed by atoms with Crippen molar-refractivity contribution in [3.63, 3.8) is 0 Å². The summed E-state index contributed by atoms with van der Waals surface area (Å²) in [6.07, 6.45) is 4.40. The Bertz CT molecular complexity index is 505. The van der Waals surface area contributed by atoms with Gasteiger partial charge in [0.05, 0.1) is 11.8 Å². The molecule has 1 unspecified atom stereocenters. The fourth-order valence-corrected chi connectivity index (χ4v) is 3.32. The van der Waals surface area contributed by atoms with Crippen LogP contribution in [-0.4, -0.2) is 6.04 Å². The minimum atomic E-state index is -0.303. The van der Waals surface area contributed by atoms with Gasteiger partial charge in [-0.25, -0.2) is 4.39 Å². The maximum absolute atomic E-state index is 13.7. The van der Waals surface area contributed by atoms with Crippen molar-refractivity contribution >= 4 is 5.69 Å². The number of nitriles is 1. The molecule has 0 aliphatic heterocycles. The highest BCUT2D eigenvalue weighted by molar-refractivity contribution is 5.46. The largest absolute Gasteiger partial charge is 0.367 e. The predicted octanol–water partition coefficient (Wildman–Crippen LogP) is 4.98. The van der Waals surface area contributed by atoms with Crippen LogP contribution in [0.15, 0.2) is 24.3 Å². The van der Waals surface area contributed by atoms with Gasteiger partial charge < -0.3 is 5.32 Å². The minimum Gasteiger partial charge on any atom is -0.367 e. The molecule has 1 aromatic rings. The highest BCUT2D eigenvalue weighted by Crippen LogP contribution is 2.41. The van der Waals surface area contributed by atoms with E-state index in [1.54, 1.807) is 18.2 Å². The summed E-state index contributed by atoms with van der Waals surface area (Å²) in [5.74, 6) is 0.746. The van der Waals surface area contributed by atoms with Gasteiger partial charge in [0.1, 0.15) is 11.9 Å². The van der Waals surface area contributed by atoms with Crippen molar-refractivity contribution in [2.75, 3.05) is 5.32 Å². The number of hydrogen-bond acceptors (Lipinski definition) is 2. The van der Waals surface area contributed by atoms with Crippen LogP contribution < -0.4 is 5.32 Å². The van der Waals surface area contributed by atoms with Gasteiger partial charge in [0, 0.05) is 0 Å². The van der Waals surface area contributed by atoms with Gasteiger partial charge >= 0.3 is 0 Å². The maximum Gasteiger partial charge on any atom is 0.146 e. The van der Waals surface area contributed by atoms with Gasteiger partial charge in [-0.15, -0.1) is 0 Å². The molecule has 3 heteroatoms. The van der Waals surface area contributed by atoms with E-state index in [0.717, 1.165) is 31.6 Å². The molecule has 2 rings (SSSR count). The van der Waals surface area contributed by atoms with Crippen molar-refractivity contribution in [3.8, 4) is 6.07 Å². The van der Waals surface area contributed by atoms with Gasteiger partial charge in [-0.05, 0) is 55.1 Å². The number of anilines is 1. The molecule has 0 radical (unpaired) electrons. The van der Waals surface area contributed by atoms with Gasteiger partial charge in [0.15, 0.2) is 0 Å². The second kappa shape index (κ2) is 6.47. The third-order valence-corrected chi connectivity index (χ3v) is 4.79. The topological polar surface area (TPSA) is 35.8 Å². The molecule has 0 saturated heterocycles. The molecule has 114 valence electrons. The molecule has 0 spiro atoms. The van der Waals surface area contributed by atoms with Gasteiger partial charge in [0.2, 0.25) is 0 Å². The van der Waals surface area contributed by atoms with Crippen molar-refractivity contribution in [2.45, 2.75) is 52.5 Å². The Kier molecular flexibility index (Phi) is 4.88. The van der Waals surface area contributed by atoms with E-state index in [0.29, 0.717) is 17.0 Å². The number of nitrogens with one attached hydrogen (secondary N) is 1. The number of nitrogens with zero attached hydrogens (tertiary/aromatic N) is 1. The minimum absolute atomic E-state index is 0.291. The maximum atomic E-state index is 13.7. The third-order valence-electron chi connectivity index (χ3n) is 4.79. The molecule has 2 nitrogen and oxygen atoms in total. The summed E-state index contributed by atoms with van der Waals surface area (Å²) in [6, 6.07) is 8.59. The lowest BCUT2D eigenvalue weighted by Gasteiger charge is -2.38. The molecule has 1 N–H and O–H groups in total. The number of hydrogen-bond donors (Lipinski definition) is 1. The standard InChI is InChI=1S/C18H25FN2/c1-18(2,3)14-10-8-13(9-11-14)17(12-20)21-16-7-5-4-6-15(16)19/h4-7,13-14,17,21H,8-11H2,1-3H3. The van der Waals surface area contributed by atoms with Crippen LogP contribution in [0.3, 0.4) is 0 Å². The summed E-state index contributed by atoms with van der Waals surface area (Å²) >= 11 is 0. The summed E-state index contributed by atoms with van der Waals surface area (Å²) < 4.78 is 13.7. The Hall–Kier alpha value is -1.56. The molecule has 0 aromatic heterocycles. The van der Waals surface area contributed by atoms with E-state index in [2.05, 4.69) is 32.2 Å². The molecule has 1 aromatic carbocycles. The zero-order chi connectivity index (χ0) is 15.5. The van der Waals surface area contributed by atoms with Crippen LogP contribution in [0.25, 0.3) is 0 Å². The molecule has 21 heavy (non-hydrogen) atoms. The van der Waals surface area contributed by atoms with E-state index < -0.39 is 0 Å². The van der Waals surface area contributed by atoms with Crippen molar-refractivity contribution < 1.29 is 4.39 Å². The van der Waals surface area contributed by atoms with Crippen LogP contribution in [0, 0.1) is 34.4 Å². The normalized spacial score (nSPS) is 24.1. The van der Waals surface area contributed by atoms with E-state index in [1.165, 1.54) is 6.07 Å². The number of rotatable bonds is 3. The van der Waals surface area contributed by atoms with Crippen LogP contribution in [0.4, 0.5) is 10.1 Å². The van der Waals surface area contributed by atoms with Crippen LogP contribution >= 0.6 is 0 Å². The molecule has 0 amide bonds. The van der Waals surface area contributed by atoms with Gasteiger partial charge in [-0.3, -0.25) is 0 Å². The number of halogens is 1. The van der Waals surface area contributed by atoms with Crippen molar-refractivity contribution in [2.24, 2.45) is 17.3 Å². The molecule has 1 aliphatic rings.